The van der Waals surface area contributed by atoms with Gasteiger partial charge in [-0.3, -0.25) is 9.78 Å². The summed E-state index contributed by atoms with van der Waals surface area (Å²) in [6.07, 6.45) is 2.62. The van der Waals surface area contributed by atoms with E-state index in [0.717, 1.165) is 34.2 Å². The monoisotopic (exact) mass is 437 g/mol. The van der Waals surface area contributed by atoms with Crippen LogP contribution in [0.4, 0.5) is 4.79 Å². The maximum atomic E-state index is 13.0. The minimum atomic E-state index is -0.535. The van der Waals surface area contributed by atoms with Crippen LogP contribution in [0.1, 0.15) is 48.8 Å². The Morgan fingerprint density at radius 3 is 2.53 bits per heavy atom. The van der Waals surface area contributed by atoms with Crippen molar-refractivity contribution in [2.75, 3.05) is 39.4 Å². The van der Waals surface area contributed by atoms with Crippen LogP contribution in [-0.4, -0.2) is 71.8 Å². The highest BCUT2D eigenvalue weighted by Crippen LogP contribution is 2.30. The molecule has 32 heavy (non-hydrogen) atoms. The van der Waals surface area contributed by atoms with Gasteiger partial charge in [0, 0.05) is 42.8 Å². The molecule has 170 valence electrons. The third kappa shape index (κ3) is 4.93. The fraction of sp³-hybridized carbons (Fsp3) is 0.480. The fourth-order valence-electron chi connectivity index (χ4n) is 4.13. The Balaban J connectivity index is 1.66. The molecular weight excluding hydrogens is 406 g/mol. The van der Waals surface area contributed by atoms with Gasteiger partial charge in [-0.05, 0) is 69.5 Å². The number of rotatable bonds is 2. The first-order valence-electron chi connectivity index (χ1n) is 11.2. The number of carbonyl (C=O) groups excluding carboxylic acids is 2. The topological polar surface area (TPSA) is 72.0 Å². The van der Waals surface area contributed by atoms with Crippen molar-refractivity contribution in [1.29, 1.82) is 0 Å². The minimum Gasteiger partial charge on any atom is -0.444 e. The molecule has 0 N–H and O–H groups in total. The van der Waals surface area contributed by atoms with E-state index in [1.54, 1.807) is 4.90 Å². The summed E-state index contributed by atoms with van der Waals surface area (Å²) in [4.78, 5) is 33.9. The maximum absolute atomic E-state index is 13.0. The van der Waals surface area contributed by atoms with Crippen LogP contribution in [-0.2, 0) is 9.47 Å². The summed E-state index contributed by atoms with van der Waals surface area (Å²) in [5.41, 5.74) is 3.91. The normalized spacial score (nSPS) is 17.3. The first-order valence-corrected chi connectivity index (χ1v) is 11.2. The van der Waals surface area contributed by atoms with Crippen LogP contribution in [0.25, 0.3) is 16.5 Å². The van der Waals surface area contributed by atoms with Gasteiger partial charge in [0.2, 0.25) is 0 Å². The Morgan fingerprint density at radius 1 is 1.06 bits per heavy atom. The zero-order valence-corrected chi connectivity index (χ0v) is 19.3. The number of ether oxygens (including phenoxy) is 2. The zero-order valence-electron chi connectivity index (χ0n) is 19.3. The largest absolute Gasteiger partial charge is 0.444 e. The van der Waals surface area contributed by atoms with Gasteiger partial charge < -0.3 is 19.3 Å². The van der Waals surface area contributed by atoms with Gasteiger partial charge in [0.05, 0.1) is 18.7 Å². The highest BCUT2D eigenvalue weighted by molar-refractivity contribution is 6.01. The number of morpholine rings is 1. The molecule has 2 aliphatic heterocycles. The molecule has 1 aromatic carbocycles. The SMILES string of the molecule is Cc1cc(C2=CCCN(C(=O)OC(C)(C)C)C2)c2cc(C(=O)N3CCOCC3)ccc2n1. The number of hydrogen-bond donors (Lipinski definition) is 0. The fourth-order valence-corrected chi connectivity index (χ4v) is 4.13. The number of nitrogens with zero attached hydrogens (tertiary/aromatic N) is 3. The number of aryl methyl sites for hydroxylation is 1. The molecule has 1 saturated heterocycles. The number of fused-ring (bicyclic) bond motifs is 1. The van der Waals surface area contributed by atoms with Gasteiger partial charge >= 0.3 is 6.09 Å². The van der Waals surface area contributed by atoms with E-state index in [1.165, 1.54) is 0 Å². The predicted molar refractivity (Wildman–Crippen MR) is 124 cm³/mol. The molecule has 2 aromatic rings. The van der Waals surface area contributed by atoms with E-state index in [1.807, 2.05) is 56.9 Å². The zero-order chi connectivity index (χ0) is 22.9. The predicted octanol–water partition coefficient (Wildman–Crippen LogP) is 4.04. The molecule has 7 nitrogen and oxygen atoms in total. The van der Waals surface area contributed by atoms with Crippen LogP contribution in [0.3, 0.4) is 0 Å². The second-order valence-corrected chi connectivity index (χ2v) is 9.37. The molecule has 1 aromatic heterocycles. The number of benzene rings is 1. The van der Waals surface area contributed by atoms with Crippen LogP contribution >= 0.6 is 0 Å². The molecule has 4 rings (SSSR count). The van der Waals surface area contributed by atoms with Crippen molar-refractivity contribution in [1.82, 2.24) is 14.8 Å². The quantitative estimate of drug-likeness (QED) is 0.709. The Labute approximate surface area is 189 Å². The number of carbonyl (C=O) groups is 2. The lowest BCUT2D eigenvalue weighted by molar-refractivity contribution is 0.0272. The van der Waals surface area contributed by atoms with Gasteiger partial charge in [-0.1, -0.05) is 6.08 Å². The Bertz CT molecular complexity index is 1060. The third-order valence-corrected chi connectivity index (χ3v) is 5.63. The van der Waals surface area contributed by atoms with Crippen LogP contribution in [0, 0.1) is 6.92 Å². The molecule has 2 amide bonds. The molecule has 0 atom stereocenters. The number of aromatic nitrogens is 1. The molecule has 3 heterocycles. The van der Waals surface area contributed by atoms with Crippen LogP contribution in [0.15, 0.2) is 30.3 Å². The van der Waals surface area contributed by atoms with Crippen molar-refractivity contribution in [2.24, 2.45) is 0 Å². The van der Waals surface area contributed by atoms with Crippen LogP contribution < -0.4 is 0 Å². The van der Waals surface area contributed by atoms with Crippen LogP contribution in [0.5, 0.6) is 0 Å². The summed E-state index contributed by atoms with van der Waals surface area (Å²) in [5.74, 6) is 0.00901. The van der Waals surface area contributed by atoms with Gasteiger partial charge in [0.25, 0.3) is 5.91 Å². The maximum Gasteiger partial charge on any atom is 0.410 e. The molecule has 0 bridgehead atoms. The van der Waals surface area contributed by atoms with Gasteiger partial charge in [0.15, 0.2) is 0 Å². The molecule has 0 aliphatic carbocycles. The highest BCUT2D eigenvalue weighted by atomic mass is 16.6. The van der Waals surface area contributed by atoms with Crippen molar-refractivity contribution in [3.8, 4) is 0 Å². The molecule has 0 saturated carbocycles. The van der Waals surface area contributed by atoms with Crippen LogP contribution in [0.2, 0.25) is 0 Å². The first kappa shape index (κ1) is 22.3. The summed E-state index contributed by atoms with van der Waals surface area (Å²) in [7, 11) is 0. The third-order valence-electron chi connectivity index (χ3n) is 5.63. The standard InChI is InChI=1S/C25H31N3O4/c1-17-14-20(19-6-5-9-28(16-19)24(30)32-25(2,3)4)21-15-18(7-8-22(21)26-17)23(29)27-10-12-31-13-11-27/h6-8,14-15H,5,9-13,16H2,1-4H3. The lowest BCUT2D eigenvalue weighted by Gasteiger charge is -2.30. The summed E-state index contributed by atoms with van der Waals surface area (Å²) < 4.78 is 11.0. The number of hydrogen-bond acceptors (Lipinski definition) is 5. The minimum absolute atomic E-state index is 0.00901. The lowest BCUT2D eigenvalue weighted by Crippen LogP contribution is -2.40. The van der Waals surface area contributed by atoms with E-state index >= 15 is 0 Å². The van der Waals surface area contributed by atoms with Crippen molar-refractivity contribution in [3.05, 3.63) is 47.2 Å². The second-order valence-electron chi connectivity index (χ2n) is 9.37. The Kier molecular flexibility index (Phi) is 6.20. The van der Waals surface area contributed by atoms with E-state index in [-0.39, 0.29) is 12.0 Å². The van der Waals surface area contributed by atoms with Crippen molar-refractivity contribution < 1.29 is 19.1 Å². The van der Waals surface area contributed by atoms with E-state index in [2.05, 4.69) is 11.1 Å². The van der Waals surface area contributed by atoms with E-state index in [4.69, 9.17) is 9.47 Å². The van der Waals surface area contributed by atoms with E-state index in [9.17, 15) is 9.59 Å². The summed E-state index contributed by atoms with van der Waals surface area (Å²) in [5, 5.41) is 0.923. The van der Waals surface area contributed by atoms with E-state index < -0.39 is 5.60 Å². The molecule has 0 spiro atoms. The van der Waals surface area contributed by atoms with Gasteiger partial charge in [-0.15, -0.1) is 0 Å². The molecule has 7 heteroatoms. The van der Waals surface area contributed by atoms with Crippen molar-refractivity contribution >= 4 is 28.5 Å². The first-order chi connectivity index (χ1) is 15.2. The number of pyridine rings is 1. The number of amides is 2. The Hall–Kier alpha value is -2.93. The molecule has 1 fully saturated rings. The van der Waals surface area contributed by atoms with Gasteiger partial charge in [0.1, 0.15) is 5.60 Å². The molecule has 0 unspecified atom stereocenters. The summed E-state index contributed by atoms with van der Waals surface area (Å²) in [6, 6.07) is 7.73. The summed E-state index contributed by atoms with van der Waals surface area (Å²) in [6.45, 7) is 11.0. The van der Waals surface area contributed by atoms with Gasteiger partial charge in [-0.2, -0.15) is 0 Å². The van der Waals surface area contributed by atoms with Crippen molar-refractivity contribution in [2.45, 2.75) is 39.7 Å². The second kappa shape index (κ2) is 8.90. The summed E-state index contributed by atoms with van der Waals surface area (Å²) >= 11 is 0. The average molecular weight is 438 g/mol. The van der Waals surface area contributed by atoms with Gasteiger partial charge in [-0.25, -0.2) is 4.79 Å². The molecule has 2 aliphatic rings. The van der Waals surface area contributed by atoms with E-state index in [0.29, 0.717) is 45.0 Å². The smallest absolute Gasteiger partial charge is 0.410 e. The highest BCUT2D eigenvalue weighted by Gasteiger charge is 2.26. The molecular formula is C25H31N3O4. The average Bonchev–Trinajstić information content (AvgIpc) is 2.77. The Morgan fingerprint density at radius 2 is 1.81 bits per heavy atom. The molecule has 0 radical (unpaired) electrons. The van der Waals surface area contributed by atoms with Crippen molar-refractivity contribution in [3.63, 3.8) is 0 Å². The lowest BCUT2D eigenvalue weighted by atomic mass is 9.95.